The van der Waals surface area contributed by atoms with Crippen LogP contribution in [0.15, 0.2) is 46.6 Å². The number of benzene rings is 2. The van der Waals surface area contributed by atoms with Crippen molar-refractivity contribution >= 4 is 24.1 Å². The molecule has 0 fully saturated rings. The monoisotopic (exact) mass is 494 g/mol. The Bertz CT molecular complexity index is 1710. The topological polar surface area (TPSA) is 95.2 Å². The number of nitriles is 1. The average molecular weight is 495 g/mol. The molecule has 178 valence electrons. The summed E-state index contributed by atoms with van der Waals surface area (Å²) in [6, 6.07) is 10.4. The average Bonchev–Trinajstić information content (AvgIpc) is 3.44. The Morgan fingerprint density at radius 2 is 1.94 bits per heavy atom. The van der Waals surface area contributed by atoms with Crippen LogP contribution in [0.1, 0.15) is 10.4 Å². The lowest BCUT2D eigenvalue weighted by Crippen LogP contribution is -2.27. The molecule has 0 aliphatic heterocycles. The molecule has 0 unspecified atom stereocenters. The normalized spacial score (nSPS) is 12.5. The van der Waals surface area contributed by atoms with Gasteiger partial charge in [0.1, 0.15) is 12.3 Å². The second kappa shape index (κ2) is 9.48. The zero-order valence-electron chi connectivity index (χ0n) is 18.8. The van der Waals surface area contributed by atoms with Crippen molar-refractivity contribution in [3.05, 3.63) is 95.5 Å². The Morgan fingerprint density at radius 3 is 2.51 bits per heavy atom. The number of hydrogen-bond donors (Lipinski definition) is 1. The molecule has 10 heteroatoms. The van der Waals surface area contributed by atoms with Crippen LogP contribution >= 0.6 is 11.3 Å². The second-order valence-electron chi connectivity index (χ2n) is 7.51. The summed E-state index contributed by atoms with van der Waals surface area (Å²) < 4.78 is 43.5. The van der Waals surface area contributed by atoms with Crippen molar-refractivity contribution in [2.45, 2.75) is 6.61 Å². The van der Waals surface area contributed by atoms with Gasteiger partial charge in [0.25, 0.3) is 0 Å². The lowest BCUT2D eigenvalue weighted by Gasteiger charge is -2.11. The SMILES string of the molecule is C=c1cc(OC)c(OCc2cccs2)c/c1=c1/c(=C\N)n(C)c(=O)n1-c1c(F)cc(C#N)cc1F. The molecule has 0 spiro atoms. The van der Waals surface area contributed by atoms with E-state index in [1.165, 1.54) is 36.3 Å². The van der Waals surface area contributed by atoms with Crippen molar-refractivity contribution in [3.8, 4) is 23.3 Å². The van der Waals surface area contributed by atoms with Gasteiger partial charge in [-0.25, -0.2) is 13.6 Å². The fraction of sp³-hybridized carbons (Fsp3) is 0.120. The van der Waals surface area contributed by atoms with Gasteiger partial charge >= 0.3 is 5.69 Å². The Kier molecular flexibility index (Phi) is 6.44. The van der Waals surface area contributed by atoms with Gasteiger partial charge in [0.15, 0.2) is 23.1 Å². The van der Waals surface area contributed by atoms with Gasteiger partial charge in [-0.3, -0.25) is 9.13 Å². The van der Waals surface area contributed by atoms with Gasteiger partial charge in [-0.1, -0.05) is 12.6 Å². The summed E-state index contributed by atoms with van der Waals surface area (Å²) in [7, 11) is 2.91. The van der Waals surface area contributed by atoms with Gasteiger partial charge < -0.3 is 15.2 Å². The maximum absolute atomic E-state index is 15.0. The van der Waals surface area contributed by atoms with Crippen molar-refractivity contribution in [2.24, 2.45) is 12.8 Å². The minimum atomic E-state index is -1.08. The summed E-state index contributed by atoms with van der Waals surface area (Å²) in [6.45, 7) is 4.30. The number of ether oxygens (including phenoxy) is 2. The van der Waals surface area contributed by atoms with E-state index in [9.17, 15) is 4.79 Å². The first-order valence-corrected chi connectivity index (χ1v) is 11.1. The van der Waals surface area contributed by atoms with Crippen molar-refractivity contribution < 1.29 is 18.3 Å². The van der Waals surface area contributed by atoms with Crippen LogP contribution in [0, 0.1) is 33.5 Å². The minimum Gasteiger partial charge on any atom is -0.493 e. The van der Waals surface area contributed by atoms with Crippen LogP contribution in [0.3, 0.4) is 0 Å². The Balaban J connectivity index is 2.14. The molecular weight excluding hydrogens is 474 g/mol. The molecule has 2 aromatic carbocycles. The van der Waals surface area contributed by atoms with Crippen LogP contribution < -0.4 is 31.5 Å². The number of imidazole rings is 1. The van der Waals surface area contributed by atoms with Crippen LogP contribution in [-0.2, 0) is 13.7 Å². The summed E-state index contributed by atoms with van der Waals surface area (Å²) in [4.78, 5) is 14.2. The fourth-order valence-corrected chi connectivity index (χ4v) is 4.38. The summed E-state index contributed by atoms with van der Waals surface area (Å²) in [5.41, 5.74) is 4.24. The number of hydrogen-bond acceptors (Lipinski definition) is 6. The summed E-state index contributed by atoms with van der Waals surface area (Å²) in [5, 5.41) is 12.0. The van der Waals surface area contributed by atoms with E-state index in [-0.39, 0.29) is 22.9 Å². The zero-order chi connectivity index (χ0) is 25.3. The standard InChI is InChI=1S/C25H20F2N4O3S/c1-14-7-21(33-3)22(34-13-16-5-4-6-35-16)10-17(14)23-20(12-29)30(2)25(32)31(23)24-18(26)8-15(11-28)9-19(24)27/h4-10,12H,1,13,29H2,2-3H3/b20-12+,23-17+. The quantitative estimate of drug-likeness (QED) is 0.460. The van der Waals surface area contributed by atoms with Gasteiger partial charge in [0.2, 0.25) is 0 Å². The molecule has 2 heterocycles. The summed E-state index contributed by atoms with van der Waals surface area (Å²) in [5.74, 6) is -1.41. The number of nitrogens with two attached hydrogens (primary N) is 1. The smallest absolute Gasteiger partial charge is 0.333 e. The first-order chi connectivity index (χ1) is 16.8. The fourth-order valence-electron chi connectivity index (χ4n) is 3.76. The van der Waals surface area contributed by atoms with E-state index in [1.54, 1.807) is 18.2 Å². The van der Waals surface area contributed by atoms with Crippen LogP contribution in [0.5, 0.6) is 11.5 Å². The molecule has 2 aromatic heterocycles. The number of halogens is 2. The maximum Gasteiger partial charge on any atom is 0.333 e. The van der Waals surface area contributed by atoms with Crippen molar-refractivity contribution in [3.63, 3.8) is 0 Å². The minimum absolute atomic E-state index is 0.108. The van der Waals surface area contributed by atoms with Gasteiger partial charge in [-0.15, -0.1) is 11.3 Å². The number of methoxy groups -OCH3 is 1. The molecule has 4 rings (SSSR count). The van der Waals surface area contributed by atoms with E-state index in [0.29, 0.717) is 21.9 Å². The Hall–Kier alpha value is -4.36. The predicted molar refractivity (Wildman–Crippen MR) is 128 cm³/mol. The molecule has 0 amide bonds. The second-order valence-corrected chi connectivity index (χ2v) is 8.54. The number of rotatable bonds is 5. The molecule has 0 saturated heterocycles. The molecule has 7 nitrogen and oxygen atoms in total. The molecule has 0 radical (unpaired) electrons. The molecule has 35 heavy (non-hydrogen) atoms. The van der Waals surface area contributed by atoms with Crippen LogP contribution in [-0.4, -0.2) is 16.2 Å². The highest BCUT2D eigenvalue weighted by atomic mass is 32.1. The van der Waals surface area contributed by atoms with E-state index in [4.69, 9.17) is 20.5 Å². The third kappa shape index (κ3) is 4.18. The van der Waals surface area contributed by atoms with Gasteiger partial charge in [-0.2, -0.15) is 5.26 Å². The molecule has 0 bridgehead atoms. The maximum atomic E-state index is 15.0. The van der Waals surface area contributed by atoms with Gasteiger partial charge in [0.05, 0.1) is 29.4 Å². The summed E-state index contributed by atoms with van der Waals surface area (Å²) in [6.07, 6.45) is 1.17. The lowest BCUT2D eigenvalue weighted by atomic mass is 10.2. The van der Waals surface area contributed by atoms with Gasteiger partial charge in [0, 0.05) is 23.3 Å². The molecule has 0 atom stereocenters. The van der Waals surface area contributed by atoms with Crippen LogP contribution in [0.25, 0.3) is 18.5 Å². The van der Waals surface area contributed by atoms with Crippen molar-refractivity contribution in [1.82, 2.24) is 9.13 Å². The van der Waals surface area contributed by atoms with Crippen molar-refractivity contribution in [2.75, 3.05) is 7.11 Å². The zero-order valence-corrected chi connectivity index (χ0v) is 19.7. The molecule has 2 N–H and O–H groups in total. The largest absolute Gasteiger partial charge is 0.493 e. The number of aromatic nitrogens is 2. The third-order valence-electron chi connectivity index (χ3n) is 5.43. The highest BCUT2D eigenvalue weighted by Gasteiger charge is 2.20. The summed E-state index contributed by atoms with van der Waals surface area (Å²) >= 11 is 1.52. The molecule has 0 aliphatic carbocycles. The molecule has 0 aliphatic rings. The molecule has 4 aromatic rings. The number of nitrogens with zero attached hydrogens (tertiary/aromatic N) is 3. The lowest BCUT2D eigenvalue weighted by molar-refractivity contribution is 0.287. The Morgan fingerprint density at radius 1 is 1.23 bits per heavy atom. The Labute approximate surface area is 202 Å². The van der Waals surface area contributed by atoms with Crippen LogP contribution in [0.2, 0.25) is 0 Å². The third-order valence-corrected chi connectivity index (χ3v) is 6.28. The van der Waals surface area contributed by atoms with Gasteiger partial charge in [-0.05, 0) is 40.9 Å². The van der Waals surface area contributed by atoms with E-state index >= 15 is 8.78 Å². The van der Waals surface area contributed by atoms with E-state index in [2.05, 4.69) is 6.58 Å². The number of thiophene rings is 1. The van der Waals surface area contributed by atoms with Crippen LogP contribution in [0.4, 0.5) is 8.78 Å². The predicted octanol–water partition coefficient (Wildman–Crippen LogP) is 2.37. The van der Waals surface area contributed by atoms with E-state index in [1.807, 2.05) is 17.5 Å². The highest BCUT2D eigenvalue weighted by Crippen LogP contribution is 2.27. The highest BCUT2D eigenvalue weighted by molar-refractivity contribution is 7.09. The molecule has 0 saturated carbocycles. The van der Waals surface area contributed by atoms with E-state index in [0.717, 1.165) is 21.6 Å². The van der Waals surface area contributed by atoms with Crippen molar-refractivity contribution in [1.29, 1.82) is 5.26 Å². The van der Waals surface area contributed by atoms with E-state index < -0.39 is 23.0 Å². The molecular formula is C25H20F2N4O3S. The first kappa shape index (κ1) is 23.8. The first-order valence-electron chi connectivity index (χ1n) is 10.3.